The Balaban J connectivity index is 2.91. The first kappa shape index (κ1) is 11.2. The quantitative estimate of drug-likeness (QED) is 0.691. The molecule has 0 saturated carbocycles. The molecule has 5 nitrogen and oxygen atoms in total. The van der Waals surface area contributed by atoms with Crippen molar-refractivity contribution in [1.82, 2.24) is 4.98 Å². The molecule has 5 heteroatoms. The van der Waals surface area contributed by atoms with Gasteiger partial charge in [-0.05, 0) is 12.1 Å². The molecule has 0 N–H and O–H groups in total. The van der Waals surface area contributed by atoms with E-state index in [4.69, 9.17) is 4.74 Å². The van der Waals surface area contributed by atoms with Crippen LogP contribution < -0.4 is 0 Å². The van der Waals surface area contributed by atoms with Gasteiger partial charge in [0.15, 0.2) is 0 Å². The molecule has 1 rings (SSSR count). The number of esters is 2. The van der Waals surface area contributed by atoms with Crippen molar-refractivity contribution < 1.29 is 19.1 Å². The van der Waals surface area contributed by atoms with E-state index in [0.717, 1.165) is 0 Å². The minimum absolute atomic E-state index is 0.534. The fourth-order valence-electron chi connectivity index (χ4n) is 1.06. The van der Waals surface area contributed by atoms with Crippen LogP contribution in [0.25, 0.3) is 0 Å². The molecule has 1 aromatic heterocycles. The predicted octanol–water partition coefficient (Wildman–Crippen LogP) is 0.859. The lowest BCUT2D eigenvalue weighted by Gasteiger charge is -2.14. The summed E-state index contributed by atoms with van der Waals surface area (Å²) in [6, 6.07) is 3.18. The maximum absolute atomic E-state index is 11.3. The second-order valence-electron chi connectivity index (χ2n) is 2.79. The van der Waals surface area contributed by atoms with Crippen LogP contribution in [0.15, 0.2) is 24.5 Å². The largest absolute Gasteiger partial charge is 0.466 e. The fourth-order valence-corrected chi connectivity index (χ4v) is 1.06. The third kappa shape index (κ3) is 3.05. The van der Waals surface area contributed by atoms with Gasteiger partial charge in [-0.15, -0.1) is 0 Å². The molecule has 15 heavy (non-hydrogen) atoms. The SMILES string of the molecule is COC(=O)C(OC(C)=O)c1ccncc1. The summed E-state index contributed by atoms with van der Waals surface area (Å²) in [6.45, 7) is 1.23. The zero-order chi connectivity index (χ0) is 11.3. The Morgan fingerprint density at radius 3 is 2.40 bits per heavy atom. The first-order chi connectivity index (χ1) is 7.15. The van der Waals surface area contributed by atoms with E-state index in [1.165, 1.54) is 26.4 Å². The summed E-state index contributed by atoms with van der Waals surface area (Å²) < 4.78 is 9.38. The van der Waals surface area contributed by atoms with E-state index in [1.807, 2.05) is 0 Å². The molecule has 1 atom stereocenters. The number of pyridine rings is 1. The number of rotatable bonds is 3. The van der Waals surface area contributed by atoms with E-state index >= 15 is 0 Å². The minimum Gasteiger partial charge on any atom is -0.466 e. The molecule has 0 spiro atoms. The van der Waals surface area contributed by atoms with Gasteiger partial charge in [0.25, 0.3) is 0 Å². The van der Waals surface area contributed by atoms with Crippen LogP contribution in [0.4, 0.5) is 0 Å². The highest BCUT2D eigenvalue weighted by Gasteiger charge is 2.24. The molecule has 0 aliphatic rings. The summed E-state index contributed by atoms with van der Waals surface area (Å²) in [5.41, 5.74) is 0.534. The van der Waals surface area contributed by atoms with Crippen molar-refractivity contribution in [1.29, 1.82) is 0 Å². The number of methoxy groups -OCH3 is 1. The van der Waals surface area contributed by atoms with Gasteiger partial charge < -0.3 is 9.47 Å². The second kappa shape index (κ2) is 5.09. The molecule has 0 bridgehead atoms. The highest BCUT2D eigenvalue weighted by Crippen LogP contribution is 2.17. The van der Waals surface area contributed by atoms with Crippen molar-refractivity contribution >= 4 is 11.9 Å². The molecule has 0 radical (unpaired) electrons. The second-order valence-corrected chi connectivity index (χ2v) is 2.79. The van der Waals surface area contributed by atoms with Crippen molar-refractivity contribution in [3.63, 3.8) is 0 Å². The number of hydrogen-bond donors (Lipinski definition) is 0. The molecule has 0 saturated heterocycles. The van der Waals surface area contributed by atoms with Crippen LogP contribution in [0.1, 0.15) is 18.6 Å². The Morgan fingerprint density at radius 1 is 1.33 bits per heavy atom. The topological polar surface area (TPSA) is 65.5 Å². The Morgan fingerprint density at radius 2 is 1.93 bits per heavy atom. The molecule has 1 heterocycles. The average Bonchev–Trinajstić information content (AvgIpc) is 2.26. The van der Waals surface area contributed by atoms with E-state index in [9.17, 15) is 9.59 Å². The van der Waals surface area contributed by atoms with Crippen molar-refractivity contribution in [2.75, 3.05) is 7.11 Å². The summed E-state index contributed by atoms with van der Waals surface area (Å²) in [5.74, 6) is -1.15. The van der Waals surface area contributed by atoms with Gasteiger partial charge in [0.2, 0.25) is 6.10 Å². The predicted molar refractivity (Wildman–Crippen MR) is 50.8 cm³/mol. The van der Waals surface area contributed by atoms with Crippen molar-refractivity contribution in [2.45, 2.75) is 13.0 Å². The smallest absolute Gasteiger partial charge is 0.351 e. The zero-order valence-corrected chi connectivity index (χ0v) is 8.47. The standard InChI is InChI=1S/C10H11NO4/c1-7(12)15-9(10(13)14-2)8-3-5-11-6-4-8/h3-6,9H,1-2H3. The van der Waals surface area contributed by atoms with Crippen molar-refractivity contribution in [3.05, 3.63) is 30.1 Å². The molecule has 0 aliphatic heterocycles. The summed E-state index contributed by atoms with van der Waals surface area (Å²) in [4.78, 5) is 25.9. The molecule has 80 valence electrons. The fraction of sp³-hybridized carbons (Fsp3) is 0.300. The number of nitrogens with zero attached hydrogens (tertiary/aromatic N) is 1. The number of aromatic nitrogens is 1. The monoisotopic (exact) mass is 209 g/mol. The lowest BCUT2D eigenvalue weighted by molar-refractivity contribution is -0.165. The highest BCUT2D eigenvalue weighted by molar-refractivity contribution is 5.79. The van der Waals surface area contributed by atoms with Crippen LogP contribution in [0.5, 0.6) is 0 Å². The summed E-state index contributed by atoms with van der Waals surface area (Å²) in [5, 5.41) is 0. The van der Waals surface area contributed by atoms with E-state index in [-0.39, 0.29) is 0 Å². The van der Waals surface area contributed by atoms with Crippen LogP contribution >= 0.6 is 0 Å². The van der Waals surface area contributed by atoms with Gasteiger partial charge >= 0.3 is 11.9 Å². The first-order valence-corrected chi connectivity index (χ1v) is 4.30. The Bertz CT molecular complexity index is 350. The summed E-state index contributed by atoms with van der Waals surface area (Å²) >= 11 is 0. The molecular weight excluding hydrogens is 198 g/mol. The van der Waals surface area contributed by atoms with Gasteiger partial charge in [-0.1, -0.05) is 0 Å². The van der Waals surface area contributed by atoms with Crippen molar-refractivity contribution in [3.8, 4) is 0 Å². The van der Waals surface area contributed by atoms with E-state index < -0.39 is 18.0 Å². The number of carbonyl (C=O) groups excluding carboxylic acids is 2. The highest BCUT2D eigenvalue weighted by atomic mass is 16.6. The lowest BCUT2D eigenvalue weighted by atomic mass is 10.1. The van der Waals surface area contributed by atoms with Crippen LogP contribution in [-0.4, -0.2) is 24.0 Å². The maximum Gasteiger partial charge on any atom is 0.351 e. The number of ether oxygens (including phenoxy) is 2. The van der Waals surface area contributed by atoms with Gasteiger partial charge in [0, 0.05) is 24.9 Å². The third-order valence-electron chi connectivity index (χ3n) is 1.71. The van der Waals surface area contributed by atoms with Crippen LogP contribution in [-0.2, 0) is 19.1 Å². The normalized spacial score (nSPS) is 11.6. The zero-order valence-electron chi connectivity index (χ0n) is 8.47. The molecule has 0 fully saturated rings. The van der Waals surface area contributed by atoms with Gasteiger partial charge in [0.05, 0.1) is 7.11 Å². The minimum atomic E-state index is -1.02. The Labute approximate surface area is 87.0 Å². The van der Waals surface area contributed by atoms with Crippen LogP contribution in [0.3, 0.4) is 0 Å². The van der Waals surface area contributed by atoms with Crippen LogP contribution in [0, 0.1) is 0 Å². The maximum atomic E-state index is 11.3. The average molecular weight is 209 g/mol. The van der Waals surface area contributed by atoms with Gasteiger partial charge in [-0.2, -0.15) is 0 Å². The van der Waals surface area contributed by atoms with E-state index in [0.29, 0.717) is 5.56 Å². The van der Waals surface area contributed by atoms with E-state index in [1.54, 1.807) is 12.1 Å². The molecular formula is C10H11NO4. The van der Waals surface area contributed by atoms with Crippen LogP contribution in [0.2, 0.25) is 0 Å². The third-order valence-corrected chi connectivity index (χ3v) is 1.71. The number of carbonyl (C=O) groups is 2. The number of hydrogen-bond acceptors (Lipinski definition) is 5. The Hall–Kier alpha value is -1.91. The van der Waals surface area contributed by atoms with E-state index in [2.05, 4.69) is 9.72 Å². The van der Waals surface area contributed by atoms with Crippen molar-refractivity contribution in [2.24, 2.45) is 0 Å². The van der Waals surface area contributed by atoms with Gasteiger partial charge in [-0.25, -0.2) is 4.79 Å². The molecule has 0 aliphatic carbocycles. The molecule has 1 unspecified atom stereocenters. The van der Waals surface area contributed by atoms with Gasteiger partial charge in [0.1, 0.15) is 0 Å². The van der Waals surface area contributed by atoms with Gasteiger partial charge in [-0.3, -0.25) is 9.78 Å². The summed E-state index contributed by atoms with van der Waals surface area (Å²) in [7, 11) is 1.24. The first-order valence-electron chi connectivity index (χ1n) is 4.30. The Kier molecular flexibility index (Phi) is 3.79. The summed E-state index contributed by atoms with van der Waals surface area (Å²) in [6.07, 6.45) is 2.00. The lowest BCUT2D eigenvalue weighted by Crippen LogP contribution is -2.19. The molecule has 0 aromatic carbocycles. The molecule has 1 aromatic rings. The molecule has 0 amide bonds.